The van der Waals surface area contributed by atoms with Gasteiger partial charge in [-0.3, -0.25) is 9.78 Å². The molecular formula is C15H15FN2O2. The zero-order valence-electron chi connectivity index (χ0n) is 11.0. The van der Waals surface area contributed by atoms with Gasteiger partial charge in [-0.25, -0.2) is 4.39 Å². The molecule has 1 aromatic heterocycles. The topological polar surface area (TPSA) is 51.2 Å². The van der Waals surface area contributed by atoms with Crippen LogP contribution in [0.3, 0.4) is 0 Å². The number of nitrogens with zero attached hydrogens (tertiary/aromatic N) is 1. The van der Waals surface area contributed by atoms with Crippen LogP contribution in [0.4, 0.5) is 4.39 Å². The number of aromatic nitrogens is 1. The summed E-state index contributed by atoms with van der Waals surface area (Å²) in [5.74, 6) is -0.120. The Morgan fingerprint density at radius 2 is 1.90 bits per heavy atom. The maximum atomic E-state index is 12.7. The van der Waals surface area contributed by atoms with Crippen molar-refractivity contribution < 1.29 is 13.9 Å². The van der Waals surface area contributed by atoms with Crippen molar-refractivity contribution in [1.29, 1.82) is 0 Å². The summed E-state index contributed by atoms with van der Waals surface area (Å²) < 4.78 is 18.0. The summed E-state index contributed by atoms with van der Waals surface area (Å²) in [6, 6.07) is 9.09. The zero-order valence-corrected chi connectivity index (χ0v) is 11.0. The maximum absolute atomic E-state index is 12.7. The van der Waals surface area contributed by atoms with Crippen molar-refractivity contribution in [3.63, 3.8) is 0 Å². The SMILES string of the molecule is CC(NC(=O)COc1ccc(F)cc1)c1ccncc1. The lowest BCUT2D eigenvalue weighted by atomic mass is 10.1. The molecule has 1 unspecified atom stereocenters. The fourth-order valence-corrected chi connectivity index (χ4v) is 1.70. The van der Waals surface area contributed by atoms with Gasteiger partial charge in [0.1, 0.15) is 11.6 Å². The molecule has 0 aliphatic carbocycles. The summed E-state index contributed by atoms with van der Waals surface area (Å²) in [4.78, 5) is 15.7. The molecule has 1 N–H and O–H groups in total. The molecule has 0 aliphatic heterocycles. The van der Waals surface area contributed by atoms with E-state index in [1.165, 1.54) is 24.3 Å². The van der Waals surface area contributed by atoms with Gasteiger partial charge in [-0.2, -0.15) is 0 Å². The van der Waals surface area contributed by atoms with Crippen molar-refractivity contribution in [2.45, 2.75) is 13.0 Å². The van der Waals surface area contributed by atoms with Crippen LogP contribution in [0, 0.1) is 5.82 Å². The van der Waals surface area contributed by atoms with Gasteiger partial charge in [-0.15, -0.1) is 0 Å². The molecule has 0 saturated heterocycles. The first kappa shape index (κ1) is 14.0. The van der Waals surface area contributed by atoms with Gasteiger partial charge < -0.3 is 10.1 Å². The number of pyridine rings is 1. The molecule has 0 bridgehead atoms. The van der Waals surface area contributed by atoms with Crippen LogP contribution in [0.15, 0.2) is 48.8 Å². The molecule has 4 nitrogen and oxygen atoms in total. The van der Waals surface area contributed by atoms with Crippen LogP contribution in [0.25, 0.3) is 0 Å². The Morgan fingerprint density at radius 1 is 1.25 bits per heavy atom. The minimum absolute atomic E-state index is 0.110. The molecule has 0 radical (unpaired) electrons. The van der Waals surface area contributed by atoms with Gasteiger partial charge in [-0.05, 0) is 48.9 Å². The van der Waals surface area contributed by atoms with Crippen LogP contribution >= 0.6 is 0 Å². The number of hydrogen-bond acceptors (Lipinski definition) is 3. The molecule has 2 aromatic rings. The molecule has 0 fully saturated rings. The van der Waals surface area contributed by atoms with E-state index < -0.39 is 0 Å². The number of rotatable bonds is 5. The van der Waals surface area contributed by atoms with E-state index in [-0.39, 0.29) is 24.4 Å². The lowest BCUT2D eigenvalue weighted by Crippen LogP contribution is -2.31. The quantitative estimate of drug-likeness (QED) is 0.911. The van der Waals surface area contributed by atoms with Crippen LogP contribution in [0.5, 0.6) is 5.75 Å². The summed E-state index contributed by atoms with van der Waals surface area (Å²) in [6.07, 6.45) is 3.35. The summed E-state index contributed by atoms with van der Waals surface area (Å²) in [5, 5.41) is 2.81. The van der Waals surface area contributed by atoms with Crippen LogP contribution in [-0.2, 0) is 4.79 Å². The van der Waals surface area contributed by atoms with Gasteiger partial charge in [0.15, 0.2) is 6.61 Å². The molecule has 1 atom stereocenters. The smallest absolute Gasteiger partial charge is 0.258 e. The number of hydrogen-bond donors (Lipinski definition) is 1. The molecule has 0 spiro atoms. The van der Waals surface area contributed by atoms with E-state index in [2.05, 4.69) is 10.3 Å². The third kappa shape index (κ3) is 4.05. The highest BCUT2D eigenvalue weighted by Crippen LogP contribution is 2.12. The van der Waals surface area contributed by atoms with Gasteiger partial charge in [0, 0.05) is 12.4 Å². The lowest BCUT2D eigenvalue weighted by molar-refractivity contribution is -0.123. The van der Waals surface area contributed by atoms with E-state index in [0.29, 0.717) is 5.75 Å². The predicted molar refractivity (Wildman–Crippen MR) is 72.7 cm³/mol. The van der Waals surface area contributed by atoms with Gasteiger partial charge >= 0.3 is 0 Å². The normalized spacial score (nSPS) is 11.7. The average molecular weight is 274 g/mol. The van der Waals surface area contributed by atoms with E-state index in [1.54, 1.807) is 12.4 Å². The summed E-state index contributed by atoms with van der Waals surface area (Å²) in [7, 11) is 0. The largest absolute Gasteiger partial charge is 0.484 e. The third-order valence-corrected chi connectivity index (χ3v) is 2.77. The standard InChI is InChI=1S/C15H15FN2O2/c1-11(12-6-8-17-9-7-12)18-15(19)10-20-14-4-2-13(16)3-5-14/h2-9,11H,10H2,1H3,(H,18,19). The van der Waals surface area contributed by atoms with Crippen molar-refractivity contribution in [1.82, 2.24) is 10.3 Å². The number of carbonyl (C=O) groups excluding carboxylic acids is 1. The second-order valence-corrected chi connectivity index (χ2v) is 4.31. The highest BCUT2D eigenvalue weighted by molar-refractivity contribution is 5.78. The molecule has 5 heteroatoms. The number of nitrogens with one attached hydrogen (secondary N) is 1. The van der Waals surface area contributed by atoms with Gasteiger partial charge in [0.25, 0.3) is 5.91 Å². The Balaban J connectivity index is 1.82. The van der Waals surface area contributed by atoms with Crippen molar-refractivity contribution >= 4 is 5.91 Å². The minimum atomic E-state index is -0.340. The Bertz CT molecular complexity index is 558. The van der Waals surface area contributed by atoms with E-state index in [1.807, 2.05) is 19.1 Å². The van der Waals surface area contributed by atoms with Crippen molar-refractivity contribution in [2.75, 3.05) is 6.61 Å². The molecule has 0 saturated carbocycles. The zero-order chi connectivity index (χ0) is 14.4. The number of carbonyl (C=O) groups is 1. The van der Waals surface area contributed by atoms with Gasteiger partial charge in [0.05, 0.1) is 6.04 Å². The Kier molecular flexibility index (Phi) is 4.65. The molecule has 1 amide bonds. The number of ether oxygens (including phenoxy) is 1. The molecule has 2 rings (SSSR count). The first-order valence-electron chi connectivity index (χ1n) is 6.23. The van der Waals surface area contributed by atoms with Crippen LogP contribution in [-0.4, -0.2) is 17.5 Å². The fourth-order valence-electron chi connectivity index (χ4n) is 1.70. The third-order valence-electron chi connectivity index (χ3n) is 2.77. The van der Waals surface area contributed by atoms with Gasteiger partial charge in [0.2, 0.25) is 0 Å². The van der Waals surface area contributed by atoms with Crippen LogP contribution < -0.4 is 10.1 Å². The number of benzene rings is 1. The average Bonchev–Trinajstić information content (AvgIpc) is 2.47. The van der Waals surface area contributed by atoms with Crippen LogP contribution in [0.2, 0.25) is 0 Å². The molecule has 1 heterocycles. The molecule has 1 aromatic carbocycles. The van der Waals surface area contributed by atoms with Crippen molar-refractivity contribution in [2.24, 2.45) is 0 Å². The second kappa shape index (κ2) is 6.65. The van der Waals surface area contributed by atoms with Crippen molar-refractivity contribution in [3.8, 4) is 5.75 Å². The molecule has 20 heavy (non-hydrogen) atoms. The number of amides is 1. The highest BCUT2D eigenvalue weighted by atomic mass is 19.1. The first-order valence-corrected chi connectivity index (χ1v) is 6.23. The lowest BCUT2D eigenvalue weighted by Gasteiger charge is -2.14. The Labute approximate surface area is 116 Å². The first-order chi connectivity index (χ1) is 9.65. The second-order valence-electron chi connectivity index (χ2n) is 4.31. The summed E-state index contributed by atoms with van der Waals surface area (Å²) >= 11 is 0. The predicted octanol–water partition coefficient (Wildman–Crippen LogP) is 2.48. The Morgan fingerprint density at radius 3 is 2.55 bits per heavy atom. The van der Waals surface area contributed by atoms with Crippen molar-refractivity contribution in [3.05, 3.63) is 60.2 Å². The van der Waals surface area contributed by atoms with E-state index in [4.69, 9.17) is 4.74 Å². The van der Waals surface area contributed by atoms with E-state index in [0.717, 1.165) is 5.56 Å². The van der Waals surface area contributed by atoms with E-state index in [9.17, 15) is 9.18 Å². The highest BCUT2D eigenvalue weighted by Gasteiger charge is 2.09. The molecule has 0 aliphatic rings. The van der Waals surface area contributed by atoms with E-state index >= 15 is 0 Å². The monoisotopic (exact) mass is 274 g/mol. The molecule has 104 valence electrons. The Hall–Kier alpha value is -2.43. The summed E-state index contributed by atoms with van der Waals surface area (Å²) in [5.41, 5.74) is 0.968. The van der Waals surface area contributed by atoms with Gasteiger partial charge in [-0.1, -0.05) is 0 Å². The fraction of sp³-hybridized carbons (Fsp3) is 0.200. The van der Waals surface area contributed by atoms with Crippen LogP contribution in [0.1, 0.15) is 18.5 Å². The minimum Gasteiger partial charge on any atom is -0.484 e. The summed E-state index contributed by atoms with van der Waals surface area (Å²) in [6.45, 7) is 1.77. The molecular weight excluding hydrogens is 259 g/mol. The maximum Gasteiger partial charge on any atom is 0.258 e. The number of halogens is 1.